The molecule has 0 spiro atoms. The lowest BCUT2D eigenvalue weighted by Crippen LogP contribution is -2.26. The molecule has 154 valence electrons. The molecule has 0 aromatic carbocycles. The highest BCUT2D eigenvalue weighted by atomic mass is 16.5. The fourth-order valence-electron chi connectivity index (χ4n) is 3.74. The summed E-state index contributed by atoms with van der Waals surface area (Å²) in [4.78, 5) is 11.8. The van der Waals surface area contributed by atoms with Crippen molar-refractivity contribution < 1.29 is 9.53 Å². The summed E-state index contributed by atoms with van der Waals surface area (Å²) in [6, 6.07) is 0. The minimum Gasteiger partial charge on any atom is -0.459 e. The van der Waals surface area contributed by atoms with E-state index < -0.39 is 0 Å². The second-order valence-corrected chi connectivity index (χ2v) is 8.32. The van der Waals surface area contributed by atoms with Crippen LogP contribution in [0, 0.1) is 11.8 Å². The number of esters is 1. The van der Waals surface area contributed by atoms with Gasteiger partial charge in [-0.2, -0.15) is 0 Å². The Morgan fingerprint density at radius 2 is 1.38 bits per heavy atom. The van der Waals surface area contributed by atoms with E-state index in [2.05, 4.69) is 34.3 Å². The first-order chi connectivity index (χ1) is 12.5. The molecular formula is C24H46O2. The molecule has 2 atom stereocenters. The molecule has 2 nitrogen and oxygen atoms in total. The van der Waals surface area contributed by atoms with Crippen LogP contribution in [0.25, 0.3) is 0 Å². The number of hydrogen-bond acceptors (Lipinski definition) is 2. The Hall–Kier alpha value is -0.790. The first kappa shape index (κ1) is 25.2. The fourth-order valence-corrected chi connectivity index (χ4v) is 3.74. The molecule has 0 rings (SSSR count). The van der Waals surface area contributed by atoms with Gasteiger partial charge in [0.25, 0.3) is 0 Å². The van der Waals surface area contributed by atoms with Crippen molar-refractivity contribution >= 4 is 5.97 Å². The van der Waals surface area contributed by atoms with Gasteiger partial charge in [-0.25, -0.2) is 4.79 Å². The number of unbranched alkanes of at least 4 members (excludes halogenated alkanes) is 7. The van der Waals surface area contributed by atoms with Gasteiger partial charge in [0.2, 0.25) is 0 Å². The minimum atomic E-state index is -0.250. The van der Waals surface area contributed by atoms with Crippen LogP contribution >= 0.6 is 0 Å². The van der Waals surface area contributed by atoms with Gasteiger partial charge < -0.3 is 4.74 Å². The van der Waals surface area contributed by atoms with E-state index in [4.69, 9.17) is 4.74 Å². The molecule has 0 aromatic rings. The summed E-state index contributed by atoms with van der Waals surface area (Å²) in [6.45, 7) is 12.7. The van der Waals surface area contributed by atoms with Crippen LogP contribution in [0.15, 0.2) is 12.7 Å². The van der Waals surface area contributed by atoms with Crippen molar-refractivity contribution in [2.24, 2.45) is 11.8 Å². The summed E-state index contributed by atoms with van der Waals surface area (Å²) in [5, 5.41) is 0. The lowest BCUT2D eigenvalue weighted by atomic mass is 9.88. The Kier molecular flexibility index (Phi) is 17.1. The molecule has 0 heterocycles. The van der Waals surface area contributed by atoms with E-state index in [-0.39, 0.29) is 12.1 Å². The summed E-state index contributed by atoms with van der Waals surface area (Å²) >= 11 is 0. The monoisotopic (exact) mass is 366 g/mol. The van der Waals surface area contributed by atoms with Crippen molar-refractivity contribution in [3.05, 3.63) is 12.7 Å². The van der Waals surface area contributed by atoms with Crippen LogP contribution in [0.4, 0.5) is 0 Å². The van der Waals surface area contributed by atoms with Crippen LogP contribution in [-0.4, -0.2) is 12.1 Å². The quantitative estimate of drug-likeness (QED) is 0.140. The van der Waals surface area contributed by atoms with Gasteiger partial charge in [0.15, 0.2) is 0 Å². The van der Waals surface area contributed by atoms with E-state index in [0.717, 1.165) is 25.2 Å². The number of carbonyl (C=O) groups excluding carboxylic acids is 1. The third-order valence-electron chi connectivity index (χ3n) is 5.32. The van der Waals surface area contributed by atoms with Crippen molar-refractivity contribution in [2.45, 2.75) is 124 Å². The summed E-state index contributed by atoms with van der Waals surface area (Å²) in [5.41, 5.74) is 0. The summed E-state index contributed by atoms with van der Waals surface area (Å²) in [5.74, 6) is 1.10. The first-order valence-corrected chi connectivity index (χ1v) is 11.4. The molecule has 0 amide bonds. The summed E-state index contributed by atoms with van der Waals surface area (Å²) < 4.78 is 5.76. The summed E-state index contributed by atoms with van der Waals surface area (Å²) in [6.07, 6.45) is 18.9. The third kappa shape index (κ3) is 14.4. The van der Waals surface area contributed by atoms with Crippen LogP contribution in [0.5, 0.6) is 0 Å². The molecule has 0 saturated carbocycles. The predicted octanol–water partition coefficient (Wildman–Crippen LogP) is 7.86. The van der Waals surface area contributed by atoms with E-state index >= 15 is 0 Å². The lowest BCUT2D eigenvalue weighted by molar-refractivity contribution is -0.146. The van der Waals surface area contributed by atoms with Gasteiger partial charge in [-0.1, -0.05) is 98.5 Å². The Morgan fingerprint density at radius 3 is 1.92 bits per heavy atom. The molecule has 0 aromatic heterocycles. The van der Waals surface area contributed by atoms with Crippen LogP contribution in [0.2, 0.25) is 0 Å². The molecule has 0 fully saturated rings. The van der Waals surface area contributed by atoms with Crippen molar-refractivity contribution in [1.82, 2.24) is 0 Å². The Bertz CT molecular complexity index is 335. The average molecular weight is 367 g/mol. The van der Waals surface area contributed by atoms with Crippen LogP contribution in [-0.2, 0) is 9.53 Å². The van der Waals surface area contributed by atoms with Gasteiger partial charge in [0, 0.05) is 6.08 Å². The number of ether oxygens (including phenoxy) is 1. The molecule has 0 aliphatic rings. The van der Waals surface area contributed by atoms with Crippen LogP contribution in [0.1, 0.15) is 118 Å². The summed E-state index contributed by atoms with van der Waals surface area (Å²) in [7, 11) is 0. The van der Waals surface area contributed by atoms with Crippen molar-refractivity contribution in [3.8, 4) is 0 Å². The van der Waals surface area contributed by atoms with Crippen LogP contribution in [0.3, 0.4) is 0 Å². The zero-order valence-corrected chi connectivity index (χ0v) is 18.2. The standard InChI is InChI=1S/C24H46O2/c1-6-9-14-19-22(17-7-2)23(26-24(25)8-3)20-16-13-11-10-12-15-18-21(4)5/h8,21-23H,3,6-7,9-20H2,1-2,4-5H3. The molecular weight excluding hydrogens is 320 g/mol. The van der Waals surface area contributed by atoms with Crippen LogP contribution < -0.4 is 0 Å². The minimum absolute atomic E-state index is 0.0817. The van der Waals surface area contributed by atoms with Gasteiger partial charge in [-0.3, -0.25) is 0 Å². The number of hydrogen-bond donors (Lipinski definition) is 0. The van der Waals surface area contributed by atoms with Crippen molar-refractivity contribution in [2.75, 3.05) is 0 Å². The topological polar surface area (TPSA) is 26.3 Å². The first-order valence-electron chi connectivity index (χ1n) is 11.4. The van der Waals surface area contributed by atoms with E-state index in [0.29, 0.717) is 5.92 Å². The van der Waals surface area contributed by atoms with E-state index in [9.17, 15) is 4.79 Å². The molecule has 0 radical (unpaired) electrons. The van der Waals surface area contributed by atoms with Crippen molar-refractivity contribution in [1.29, 1.82) is 0 Å². The van der Waals surface area contributed by atoms with E-state index in [1.165, 1.54) is 76.7 Å². The number of carbonyl (C=O) groups is 1. The van der Waals surface area contributed by atoms with E-state index in [1.807, 2.05) is 0 Å². The fraction of sp³-hybridized carbons (Fsp3) is 0.875. The molecule has 2 heteroatoms. The van der Waals surface area contributed by atoms with Gasteiger partial charge in [-0.15, -0.1) is 0 Å². The Labute approximate surface area is 164 Å². The predicted molar refractivity (Wildman–Crippen MR) is 114 cm³/mol. The normalized spacial score (nSPS) is 13.6. The smallest absolute Gasteiger partial charge is 0.330 e. The SMILES string of the molecule is C=CC(=O)OC(CCCCCCCCC(C)C)C(CCC)CCCCC. The lowest BCUT2D eigenvalue weighted by Gasteiger charge is -2.27. The molecule has 0 N–H and O–H groups in total. The Balaban J connectivity index is 4.25. The maximum atomic E-state index is 11.8. The maximum Gasteiger partial charge on any atom is 0.330 e. The molecule has 0 aliphatic heterocycles. The third-order valence-corrected chi connectivity index (χ3v) is 5.32. The second-order valence-electron chi connectivity index (χ2n) is 8.32. The van der Waals surface area contributed by atoms with E-state index in [1.54, 1.807) is 0 Å². The zero-order valence-electron chi connectivity index (χ0n) is 18.2. The molecule has 0 saturated heterocycles. The van der Waals surface area contributed by atoms with Crippen molar-refractivity contribution in [3.63, 3.8) is 0 Å². The highest BCUT2D eigenvalue weighted by Gasteiger charge is 2.23. The Morgan fingerprint density at radius 1 is 0.808 bits per heavy atom. The molecule has 0 bridgehead atoms. The molecule has 2 unspecified atom stereocenters. The van der Waals surface area contributed by atoms with Gasteiger partial charge >= 0.3 is 5.97 Å². The zero-order chi connectivity index (χ0) is 19.6. The maximum absolute atomic E-state index is 11.8. The van der Waals surface area contributed by atoms with Gasteiger partial charge in [0.05, 0.1) is 0 Å². The average Bonchev–Trinajstić information content (AvgIpc) is 2.61. The van der Waals surface area contributed by atoms with Gasteiger partial charge in [0.1, 0.15) is 6.10 Å². The molecule has 26 heavy (non-hydrogen) atoms. The molecule has 0 aliphatic carbocycles. The number of rotatable bonds is 18. The largest absolute Gasteiger partial charge is 0.459 e. The highest BCUT2D eigenvalue weighted by Crippen LogP contribution is 2.26. The second kappa shape index (κ2) is 17.6. The highest BCUT2D eigenvalue weighted by molar-refractivity contribution is 5.81. The van der Waals surface area contributed by atoms with Gasteiger partial charge in [-0.05, 0) is 37.5 Å².